The van der Waals surface area contributed by atoms with Gasteiger partial charge in [-0.2, -0.15) is 8.75 Å². The number of hydrogen-bond donors (Lipinski definition) is 0. The van der Waals surface area contributed by atoms with E-state index in [0.717, 1.165) is 53.2 Å². The molecule has 340 valence electrons. The van der Waals surface area contributed by atoms with Gasteiger partial charge in [0.2, 0.25) is 0 Å². The number of rotatable bonds is 19. The highest BCUT2D eigenvalue weighted by Gasteiger charge is 2.43. The molecule has 0 spiro atoms. The van der Waals surface area contributed by atoms with Crippen molar-refractivity contribution in [1.82, 2.24) is 8.75 Å². The van der Waals surface area contributed by atoms with Crippen LogP contribution in [0.25, 0.3) is 31.9 Å². The first-order valence-corrected chi connectivity index (χ1v) is 24.6. The summed E-state index contributed by atoms with van der Waals surface area (Å²) in [6.07, 6.45) is 0. The van der Waals surface area contributed by atoms with Crippen molar-refractivity contribution in [2.24, 2.45) is 34.5 Å². The number of nitrogens with zero attached hydrogens (tertiary/aromatic N) is 2. The third-order valence-corrected chi connectivity index (χ3v) is 14.3. The monoisotopic (exact) mass is 920 g/mol. The number of halogens is 1. The molecule has 0 saturated heterocycles. The van der Waals surface area contributed by atoms with Crippen LogP contribution in [-0.2, 0) is 29.2 Å². The maximum Gasteiger partial charge on any atom is 0.180 e. The highest BCUT2D eigenvalue weighted by molar-refractivity contribution is 7.17. The Hall–Kier alpha value is -2.23. The van der Waals surface area contributed by atoms with Gasteiger partial charge >= 0.3 is 0 Å². The Morgan fingerprint density at radius 2 is 0.885 bits per heavy atom. The second-order valence-corrected chi connectivity index (χ2v) is 24.0. The lowest BCUT2D eigenvalue weighted by Crippen LogP contribution is -2.43. The average molecular weight is 922 g/mol. The molecule has 2 aliphatic heterocycles. The summed E-state index contributed by atoms with van der Waals surface area (Å²) in [5, 5.41) is 0. The summed E-state index contributed by atoms with van der Waals surface area (Å²) in [5.41, 5.74) is 2.19. The fraction of sp³-hybridized carbons (Fsp3) is 0.702. The molecule has 0 amide bonds. The van der Waals surface area contributed by atoms with E-state index in [2.05, 4.69) is 88.3 Å². The van der Waals surface area contributed by atoms with Crippen molar-refractivity contribution >= 4 is 57.0 Å². The molecule has 0 N–H and O–H groups in total. The molecule has 0 fully saturated rings. The first-order chi connectivity index (χ1) is 28.7. The minimum Gasteiger partial charge on any atom is -0.488 e. The number of hydrogen-bond acceptors (Lipinski definition) is 13. The minimum absolute atomic E-state index is 0.212. The molecule has 0 atom stereocenters. The third kappa shape index (κ3) is 11.5. The summed E-state index contributed by atoms with van der Waals surface area (Å²) in [4.78, 5) is 3.14. The Labute approximate surface area is 381 Å². The average Bonchev–Trinajstić information content (AvgIpc) is 3.83. The van der Waals surface area contributed by atoms with Gasteiger partial charge < -0.3 is 37.9 Å². The van der Waals surface area contributed by atoms with Gasteiger partial charge in [0.1, 0.15) is 37.5 Å². The second kappa shape index (κ2) is 19.9. The van der Waals surface area contributed by atoms with E-state index < -0.39 is 15.7 Å². The van der Waals surface area contributed by atoms with Gasteiger partial charge in [0, 0.05) is 43.0 Å². The normalized spacial score (nSPS) is 16.6. The van der Waals surface area contributed by atoms with E-state index in [-0.39, 0.29) is 5.41 Å². The quantitative estimate of drug-likeness (QED) is 0.0845. The molecule has 3 aromatic heterocycles. The van der Waals surface area contributed by atoms with Crippen molar-refractivity contribution < 1.29 is 37.9 Å². The number of benzene rings is 1. The molecule has 2 aliphatic rings. The topological polar surface area (TPSA) is 99.6 Å². The first kappa shape index (κ1) is 48.2. The molecule has 1 aromatic carbocycles. The predicted octanol–water partition coefficient (Wildman–Crippen LogP) is 12.1. The summed E-state index contributed by atoms with van der Waals surface area (Å²) in [5.74, 6) is 4.46. The van der Waals surface area contributed by atoms with Gasteiger partial charge in [-0.05, 0) is 37.5 Å². The zero-order chi connectivity index (χ0) is 44.3. The largest absolute Gasteiger partial charge is 0.488 e. The fourth-order valence-electron chi connectivity index (χ4n) is 7.24. The molecule has 0 aliphatic carbocycles. The first-order valence-electron chi connectivity index (χ1n) is 21.8. The van der Waals surface area contributed by atoms with Crippen molar-refractivity contribution in [3.8, 4) is 43.9 Å². The van der Waals surface area contributed by atoms with Crippen LogP contribution < -0.4 is 18.9 Å². The van der Waals surface area contributed by atoms with Crippen LogP contribution in [0.5, 0.6) is 23.0 Å². The minimum atomic E-state index is -0.727. The van der Waals surface area contributed by atoms with Crippen LogP contribution in [0, 0.1) is 34.5 Å². The standard InChI is InChI=1S/C47H69ClN2O8S3/c1-28(2)16-51-20-46(21-52-17-29(3)4)24-55-36-38(57-26-46)42(44(9,10)11)59-40(36)32-14-15-33(35-34(32)49-61-50-35)41-37-39(43(60-41)45(12,13)48)58-27-47(25-56-37,22-53-18-30(5)6)23-54-19-31(7)8/h14-15,28-31H,16-27H2,1-13H3. The van der Waals surface area contributed by atoms with Crippen molar-refractivity contribution in [3.05, 3.63) is 21.9 Å². The zero-order valence-electron chi connectivity index (χ0n) is 38.7. The maximum absolute atomic E-state index is 7.14. The van der Waals surface area contributed by atoms with Gasteiger partial charge in [-0.15, -0.1) is 34.3 Å². The van der Waals surface area contributed by atoms with Crippen LogP contribution in [0.1, 0.15) is 99.8 Å². The van der Waals surface area contributed by atoms with Crippen molar-refractivity contribution in [3.63, 3.8) is 0 Å². The zero-order valence-corrected chi connectivity index (χ0v) is 41.9. The Balaban J connectivity index is 1.39. The Morgan fingerprint density at radius 1 is 0.557 bits per heavy atom. The van der Waals surface area contributed by atoms with Crippen LogP contribution >= 0.6 is 46.0 Å². The van der Waals surface area contributed by atoms with Gasteiger partial charge in [-0.25, -0.2) is 0 Å². The Morgan fingerprint density at radius 3 is 1.21 bits per heavy atom. The van der Waals surface area contributed by atoms with Gasteiger partial charge in [0.15, 0.2) is 23.0 Å². The lowest BCUT2D eigenvalue weighted by molar-refractivity contribution is -0.0675. The number of aromatic nitrogens is 2. The summed E-state index contributed by atoms with van der Waals surface area (Å²) >= 11 is 11.6. The van der Waals surface area contributed by atoms with Crippen LogP contribution in [0.4, 0.5) is 0 Å². The smallest absolute Gasteiger partial charge is 0.180 e. The number of alkyl halides is 1. The molecule has 4 aromatic rings. The molecule has 61 heavy (non-hydrogen) atoms. The molecular formula is C47H69ClN2O8S3. The van der Waals surface area contributed by atoms with Gasteiger partial charge in [-0.1, -0.05) is 88.3 Å². The molecule has 0 bridgehead atoms. The number of thiophene rings is 2. The lowest BCUT2D eigenvalue weighted by Gasteiger charge is -2.31. The summed E-state index contributed by atoms with van der Waals surface area (Å²) in [6, 6.07) is 4.26. The molecule has 14 heteroatoms. The van der Waals surface area contributed by atoms with E-state index >= 15 is 0 Å². The Bertz CT molecular complexity index is 1890. The lowest BCUT2D eigenvalue weighted by atomic mass is 9.92. The maximum atomic E-state index is 7.14. The Kier molecular flexibility index (Phi) is 15.7. The summed E-state index contributed by atoms with van der Waals surface area (Å²) in [7, 11) is 0. The number of fused-ring (bicyclic) bond motifs is 3. The van der Waals surface area contributed by atoms with E-state index in [1.54, 1.807) is 22.7 Å². The van der Waals surface area contributed by atoms with Gasteiger partial charge in [0.05, 0.1) is 73.4 Å². The second-order valence-electron chi connectivity index (χ2n) is 20.5. The van der Waals surface area contributed by atoms with Gasteiger partial charge in [-0.3, -0.25) is 0 Å². The van der Waals surface area contributed by atoms with Crippen LogP contribution in [0.2, 0.25) is 0 Å². The van der Waals surface area contributed by atoms with E-state index in [0.29, 0.717) is 114 Å². The third-order valence-electron chi connectivity index (χ3n) is 10.3. The van der Waals surface area contributed by atoms with Crippen molar-refractivity contribution in [2.45, 2.75) is 100 Å². The SMILES string of the molecule is CC(C)COCC1(COCC(C)C)COc2c(-c3ccc(-c4sc(C(C)(C)Cl)c5c4OCC(COCC(C)C)(COCC(C)C)CO5)c4nsnc34)sc(C(C)(C)C)c2OC1. The van der Waals surface area contributed by atoms with Crippen molar-refractivity contribution in [2.75, 3.05) is 79.3 Å². The highest BCUT2D eigenvalue weighted by atomic mass is 35.5. The molecule has 0 saturated carbocycles. The fourth-order valence-corrected chi connectivity index (χ4v) is 10.5. The highest BCUT2D eigenvalue weighted by Crippen LogP contribution is 2.58. The molecule has 10 nitrogen and oxygen atoms in total. The van der Waals surface area contributed by atoms with E-state index in [9.17, 15) is 0 Å². The number of ether oxygens (including phenoxy) is 8. The molecule has 5 heterocycles. The summed E-state index contributed by atoms with van der Waals surface area (Å²) < 4.78 is 62.4. The molecule has 0 radical (unpaired) electrons. The van der Waals surface area contributed by atoms with E-state index in [1.165, 1.54) is 11.7 Å². The van der Waals surface area contributed by atoms with E-state index in [4.69, 9.17) is 58.2 Å². The van der Waals surface area contributed by atoms with Crippen molar-refractivity contribution in [1.29, 1.82) is 0 Å². The molecule has 6 rings (SSSR count). The molecular weight excluding hydrogens is 852 g/mol. The van der Waals surface area contributed by atoms with Crippen LogP contribution in [-0.4, -0.2) is 88.0 Å². The van der Waals surface area contributed by atoms with E-state index in [1.807, 2.05) is 13.8 Å². The van der Waals surface area contributed by atoms with Gasteiger partial charge in [0.25, 0.3) is 0 Å². The summed E-state index contributed by atoms with van der Waals surface area (Å²) in [6.45, 7) is 33.9. The van der Waals surface area contributed by atoms with Crippen LogP contribution in [0.15, 0.2) is 12.1 Å². The predicted molar refractivity (Wildman–Crippen MR) is 251 cm³/mol. The molecule has 0 unspecified atom stereocenters. The van der Waals surface area contributed by atoms with Crippen LogP contribution in [0.3, 0.4) is 0 Å².